The van der Waals surface area contributed by atoms with E-state index < -0.39 is 7.14 Å². The van der Waals surface area contributed by atoms with Gasteiger partial charge in [-0.2, -0.15) is 4.98 Å². The molecule has 276 valence electrons. The topological polar surface area (TPSA) is 135 Å². The maximum absolute atomic E-state index is 13.8. The van der Waals surface area contributed by atoms with E-state index >= 15 is 0 Å². The minimum absolute atomic E-state index is 0.395. The van der Waals surface area contributed by atoms with Crippen molar-refractivity contribution in [2.24, 2.45) is 0 Å². The second-order valence-corrected chi connectivity index (χ2v) is 17.8. The number of piperidine rings is 1. The number of allylic oxidation sites excluding steroid dienone is 1. The van der Waals surface area contributed by atoms with E-state index in [4.69, 9.17) is 20.1 Å². The first-order valence-electron chi connectivity index (χ1n) is 17.9. The average Bonchev–Trinajstić information content (AvgIpc) is 3.14. The van der Waals surface area contributed by atoms with Gasteiger partial charge in [-0.25, -0.2) is 9.97 Å². The molecule has 52 heavy (non-hydrogen) atoms. The number of nitrogens with zero attached hydrogens (tertiary/aromatic N) is 6. The predicted octanol–water partition coefficient (Wildman–Crippen LogP) is 6.52. The number of aromatic nitrogens is 3. The molecule has 6 rings (SSSR count). The summed E-state index contributed by atoms with van der Waals surface area (Å²) in [5.41, 5.74) is 5.92. The van der Waals surface area contributed by atoms with Gasteiger partial charge in [0.1, 0.15) is 18.7 Å². The maximum atomic E-state index is 13.8. The van der Waals surface area contributed by atoms with Crippen LogP contribution in [0.4, 0.5) is 28.8 Å². The van der Waals surface area contributed by atoms with Crippen LogP contribution in [0.25, 0.3) is 16.5 Å². The van der Waals surface area contributed by atoms with E-state index in [0.717, 1.165) is 62.5 Å². The normalized spacial score (nSPS) is 16.6. The van der Waals surface area contributed by atoms with Gasteiger partial charge in [0.15, 0.2) is 0 Å². The summed E-state index contributed by atoms with van der Waals surface area (Å²) in [6.07, 6.45) is 7.90. The van der Waals surface area contributed by atoms with Crippen molar-refractivity contribution in [2.75, 3.05) is 89.3 Å². The molecule has 4 N–H and O–H groups in total. The van der Waals surface area contributed by atoms with Gasteiger partial charge in [0.05, 0.1) is 34.2 Å². The molecule has 4 aromatic rings. The number of pyridine rings is 1. The molecule has 2 aromatic carbocycles. The van der Waals surface area contributed by atoms with Gasteiger partial charge >= 0.3 is 0 Å². The van der Waals surface area contributed by atoms with Gasteiger partial charge in [-0.1, -0.05) is 6.92 Å². The number of ether oxygens (including phenoxy) is 1. The quantitative estimate of drug-likeness (QED) is 0.0924. The number of halogens is 1. The highest BCUT2D eigenvalue weighted by molar-refractivity contribution is 9.10. The van der Waals surface area contributed by atoms with Gasteiger partial charge in [-0.3, -0.25) is 4.90 Å². The number of methoxy groups -OCH3 is 1. The van der Waals surface area contributed by atoms with Crippen LogP contribution in [-0.4, -0.2) is 111 Å². The lowest BCUT2D eigenvalue weighted by molar-refractivity contribution is 0.0982. The van der Waals surface area contributed by atoms with Crippen molar-refractivity contribution in [3.63, 3.8) is 0 Å². The van der Waals surface area contributed by atoms with Crippen LogP contribution in [0.15, 0.2) is 53.3 Å². The molecule has 0 unspecified atom stereocenters. The predicted molar refractivity (Wildman–Crippen MR) is 220 cm³/mol. The van der Waals surface area contributed by atoms with E-state index in [-0.39, 0.29) is 0 Å². The summed E-state index contributed by atoms with van der Waals surface area (Å²) >= 11 is 3.62. The summed E-state index contributed by atoms with van der Waals surface area (Å²) in [6.45, 7) is 12.4. The molecule has 0 atom stereocenters. The number of rotatable bonds is 12. The van der Waals surface area contributed by atoms with E-state index in [1.165, 1.54) is 30.3 Å². The van der Waals surface area contributed by atoms with Crippen LogP contribution in [-0.2, 0) is 11.0 Å². The number of aryl methyl sites for hydroxylation is 1. The number of hydrogen-bond acceptors (Lipinski definition) is 12. The molecule has 0 radical (unpaired) electrons. The van der Waals surface area contributed by atoms with E-state index in [0.29, 0.717) is 50.1 Å². The highest BCUT2D eigenvalue weighted by Crippen LogP contribution is 2.42. The molecular weight excluding hydrogens is 739 g/mol. The molecule has 0 bridgehead atoms. The smallest absolute Gasteiger partial charge is 0.229 e. The number of benzene rings is 2. The number of nitrogens with one attached hydrogen (secondary N) is 4. The van der Waals surface area contributed by atoms with E-state index in [9.17, 15) is 4.57 Å². The van der Waals surface area contributed by atoms with Crippen LogP contribution >= 0.6 is 23.1 Å². The fourth-order valence-electron chi connectivity index (χ4n) is 7.26. The first-order chi connectivity index (χ1) is 25.0. The number of fused-ring (bicyclic) bond motifs is 1. The fourth-order valence-corrected chi connectivity index (χ4v) is 9.03. The van der Waals surface area contributed by atoms with Crippen molar-refractivity contribution in [1.82, 2.24) is 30.1 Å². The Labute approximate surface area is 315 Å². The Kier molecular flexibility index (Phi) is 11.8. The average molecular weight is 790 g/mol. The summed E-state index contributed by atoms with van der Waals surface area (Å²) in [5.74, 6) is 1.65. The SMILES string of the molecule is CCc1cc(Nc2ncc(Br)c(Nc3ccc4nc(/C(C=N)=C/NC)ccc4c3P(C)(C)=O)n2)c(OC)cc1N1CCC(N2CCN(C)CC2)CC1. The standard InChI is InChI=1S/C38H50BrN10O2P/c1-7-25-20-33(35(51-4)21-34(25)49-14-12-27(13-15-49)48-18-16-47(3)17-19-48)45-38-42-24-29(39)37(46-38)44-32-11-10-31-28(36(32)52(5,6)50)8-9-30(43-31)26(22-40)23-41-2/h8-11,20-24,27,40-41H,7,12-19H2,1-6H3,(H2,42,44,45,46)/b26-23+,40-22?. The Morgan fingerprint density at radius 2 is 1.79 bits per heavy atom. The number of hydrogen-bond donors (Lipinski definition) is 4. The Balaban J connectivity index is 1.24. The van der Waals surface area contributed by atoms with Gasteiger partial charge in [-0.05, 0) is 91.5 Å². The molecule has 0 amide bonds. The van der Waals surface area contributed by atoms with Crippen LogP contribution in [0, 0.1) is 5.41 Å². The highest BCUT2D eigenvalue weighted by Gasteiger charge is 2.28. The van der Waals surface area contributed by atoms with Gasteiger partial charge in [0, 0.05) is 99.0 Å². The lowest BCUT2D eigenvalue weighted by Crippen LogP contribution is -2.52. The second kappa shape index (κ2) is 16.3. The lowest BCUT2D eigenvalue weighted by Gasteiger charge is -2.43. The maximum Gasteiger partial charge on any atom is 0.229 e. The molecule has 4 heterocycles. The zero-order chi connectivity index (χ0) is 37.0. The van der Waals surface area contributed by atoms with E-state index in [1.807, 2.05) is 24.3 Å². The Bertz CT molecular complexity index is 2000. The van der Waals surface area contributed by atoms with Crippen molar-refractivity contribution < 1.29 is 9.30 Å². The molecule has 12 nitrogen and oxygen atoms in total. The third-order valence-corrected chi connectivity index (χ3v) is 12.2. The summed E-state index contributed by atoms with van der Waals surface area (Å²) in [6, 6.07) is 12.5. The molecule has 0 spiro atoms. The van der Waals surface area contributed by atoms with Crippen molar-refractivity contribution in [3.05, 3.63) is 64.5 Å². The van der Waals surface area contributed by atoms with E-state index in [2.05, 4.69) is 77.7 Å². The number of piperazine rings is 1. The summed E-state index contributed by atoms with van der Waals surface area (Å²) in [7, 11) is 2.89. The summed E-state index contributed by atoms with van der Waals surface area (Å²) in [4.78, 5) is 21.8. The zero-order valence-corrected chi connectivity index (χ0v) is 33.4. The van der Waals surface area contributed by atoms with Gasteiger partial charge in [0.25, 0.3) is 0 Å². The Morgan fingerprint density at radius 3 is 2.44 bits per heavy atom. The number of anilines is 5. The third-order valence-electron chi connectivity index (χ3n) is 10.0. The van der Waals surface area contributed by atoms with Gasteiger partial charge in [0.2, 0.25) is 5.95 Å². The van der Waals surface area contributed by atoms with Gasteiger partial charge in [-0.15, -0.1) is 0 Å². The summed E-state index contributed by atoms with van der Waals surface area (Å²) < 4.78 is 20.4. The Morgan fingerprint density at radius 1 is 1.04 bits per heavy atom. The molecule has 2 fully saturated rings. The first-order valence-corrected chi connectivity index (χ1v) is 21.2. The van der Waals surface area contributed by atoms with Crippen molar-refractivity contribution in [2.45, 2.75) is 32.2 Å². The van der Waals surface area contributed by atoms with Crippen LogP contribution in [0.3, 0.4) is 0 Å². The van der Waals surface area contributed by atoms with Crippen molar-refractivity contribution in [3.8, 4) is 5.75 Å². The minimum atomic E-state index is -2.80. The second-order valence-electron chi connectivity index (χ2n) is 13.8. The minimum Gasteiger partial charge on any atom is -0.494 e. The molecule has 0 aliphatic carbocycles. The lowest BCUT2D eigenvalue weighted by atomic mass is 9.99. The fraction of sp³-hybridized carbons (Fsp3) is 0.421. The zero-order valence-electron chi connectivity index (χ0n) is 31.0. The monoisotopic (exact) mass is 788 g/mol. The highest BCUT2D eigenvalue weighted by atomic mass is 79.9. The largest absolute Gasteiger partial charge is 0.494 e. The molecule has 0 saturated carbocycles. The van der Waals surface area contributed by atoms with Crippen molar-refractivity contribution in [1.29, 1.82) is 5.41 Å². The molecule has 2 aliphatic rings. The number of likely N-dealkylation sites (N-methyl/N-ethyl adjacent to an activating group) is 1. The summed E-state index contributed by atoms with van der Waals surface area (Å²) in [5, 5.41) is 19.0. The van der Waals surface area contributed by atoms with E-state index in [1.54, 1.807) is 39.9 Å². The molecule has 14 heteroatoms. The van der Waals surface area contributed by atoms with Crippen molar-refractivity contribution >= 4 is 79.9 Å². The van der Waals surface area contributed by atoms with Crippen LogP contribution < -0.4 is 30.9 Å². The first kappa shape index (κ1) is 37.7. The third kappa shape index (κ3) is 8.28. The molecular formula is C38H50BrN10O2P. The van der Waals surface area contributed by atoms with Crippen LogP contribution in [0.2, 0.25) is 0 Å². The molecule has 2 aromatic heterocycles. The van der Waals surface area contributed by atoms with Crippen LogP contribution in [0.1, 0.15) is 31.0 Å². The Hall–Kier alpha value is -4.03. The molecule has 2 aliphatic heterocycles. The van der Waals surface area contributed by atoms with Crippen LogP contribution in [0.5, 0.6) is 5.75 Å². The molecule has 2 saturated heterocycles. The van der Waals surface area contributed by atoms with Gasteiger partial charge < -0.3 is 40.5 Å².